The fraction of sp³-hybridized carbons (Fsp3) is 0.500. The van der Waals surface area contributed by atoms with Crippen molar-refractivity contribution in [1.29, 1.82) is 0 Å². The fourth-order valence-electron chi connectivity index (χ4n) is 4.89. The van der Waals surface area contributed by atoms with Crippen LogP contribution < -0.4 is 5.32 Å². The summed E-state index contributed by atoms with van der Waals surface area (Å²) in [5, 5.41) is 13.2. The number of nitrogens with zero attached hydrogens (tertiary/aromatic N) is 4. The monoisotopic (exact) mass is 487 g/mol. The Kier molecular flexibility index (Phi) is 6.01. The van der Waals surface area contributed by atoms with Crippen LogP contribution >= 0.6 is 0 Å². The summed E-state index contributed by atoms with van der Waals surface area (Å²) in [5.74, 6) is 0.615. The Bertz CT molecular complexity index is 1180. The van der Waals surface area contributed by atoms with Crippen molar-refractivity contribution in [2.75, 3.05) is 11.9 Å². The molecule has 3 fully saturated rings. The summed E-state index contributed by atoms with van der Waals surface area (Å²) in [6.07, 6.45) is 3.52. The molecule has 2 aliphatic heterocycles. The topological polar surface area (TPSA) is 130 Å². The van der Waals surface area contributed by atoms with Crippen molar-refractivity contribution >= 4 is 28.3 Å². The summed E-state index contributed by atoms with van der Waals surface area (Å²) in [6, 6.07) is 10.2. The number of nitrogens with one attached hydrogen (secondary N) is 1. The Balaban J connectivity index is 1.21. The molecule has 1 aromatic carbocycles. The number of benzene rings is 1. The van der Waals surface area contributed by atoms with E-state index in [0.29, 0.717) is 23.6 Å². The zero-order chi connectivity index (χ0) is 23.1. The number of rotatable bonds is 7. The maximum absolute atomic E-state index is 11.8. The SMILES string of the molecule is O=S1O[C@@H]2[C@H](O1)[C@@H](CO)O[C@H]2n1cnc2c(NC3CCC[C@H]3OCc3ccccc3)ncnc21. The van der Waals surface area contributed by atoms with Gasteiger partial charge in [-0.3, -0.25) is 12.9 Å². The molecule has 34 heavy (non-hydrogen) atoms. The van der Waals surface area contributed by atoms with E-state index in [1.807, 2.05) is 18.2 Å². The van der Waals surface area contributed by atoms with Crippen molar-refractivity contribution < 1.29 is 27.2 Å². The predicted molar refractivity (Wildman–Crippen MR) is 120 cm³/mol. The zero-order valence-corrected chi connectivity index (χ0v) is 19.0. The highest BCUT2D eigenvalue weighted by molar-refractivity contribution is 7.75. The van der Waals surface area contributed by atoms with Gasteiger partial charge in [-0.15, -0.1) is 0 Å². The standard InChI is InChI=1S/C22H25N5O6S/c28-9-16-18-19(33-34(29)32-18)22(31-16)27-12-25-17-20(23-11-24-21(17)27)26-14-7-4-8-15(14)30-10-13-5-2-1-3-6-13/h1-3,5-6,11-12,14-16,18-19,22,28H,4,7-10H2,(H,23,24,26)/t14?,15-,16-,18-,19-,22-,34?/m1/s1. The van der Waals surface area contributed by atoms with Gasteiger partial charge in [0.2, 0.25) is 0 Å². The Morgan fingerprint density at radius 1 is 1.15 bits per heavy atom. The Morgan fingerprint density at radius 2 is 2.00 bits per heavy atom. The molecule has 2 saturated heterocycles. The molecular weight excluding hydrogens is 462 g/mol. The minimum atomic E-state index is -1.88. The van der Waals surface area contributed by atoms with Gasteiger partial charge in [-0.1, -0.05) is 30.3 Å². The second-order valence-electron chi connectivity index (χ2n) is 8.64. The molecule has 6 rings (SSSR count). The summed E-state index contributed by atoms with van der Waals surface area (Å²) in [4.78, 5) is 13.4. The molecule has 1 aliphatic carbocycles. The van der Waals surface area contributed by atoms with E-state index in [0.717, 1.165) is 24.8 Å². The van der Waals surface area contributed by atoms with Crippen LogP contribution in [0.25, 0.3) is 11.2 Å². The molecule has 180 valence electrons. The predicted octanol–water partition coefficient (Wildman–Crippen LogP) is 1.63. The third-order valence-corrected chi connectivity index (χ3v) is 7.32. The maximum Gasteiger partial charge on any atom is 0.305 e. The van der Waals surface area contributed by atoms with Gasteiger partial charge in [-0.2, -0.15) is 4.21 Å². The number of imidazole rings is 1. The lowest BCUT2D eigenvalue weighted by atomic mass is 10.1. The average Bonchev–Trinajstić information content (AvgIpc) is 3.62. The molecule has 3 aliphatic rings. The lowest BCUT2D eigenvalue weighted by Gasteiger charge is -2.22. The second kappa shape index (κ2) is 9.29. The highest BCUT2D eigenvalue weighted by Gasteiger charge is 2.54. The van der Waals surface area contributed by atoms with E-state index in [-0.39, 0.29) is 18.8 Å². The molecule has 0 radical (unpaired) electrons. The van der Waals surface area contributed by atoms with Crippen molar-refractivity contribution in [3.05, 3.63) is 48.5 Å². The van der Waals surface area contributed by atoms with Gasteiger partial charge in [0.1, 0.15) is 18.5 Å². The van der Waals surface area contributed by atoms with E-state index in [1.165, 1.54) is 6.33 Å². The molecule has 0 bridgehead atoms. The summed E-state index contributed by atoms with van der Waals surface area (Å²) in [7, 11) is 0. The maximum atomic E-state index is 11.8. The first kappa shape index (κ1) is 22.0. The van der Waals surface area contributed by atoms with Crippen LogP contribution in [0.5, 0.6) is 0 Å². The largest absolute Gasteiger partial charge is 0.394 e. The highest BCUT2D eigenvalue weighted by atomic mass is 32.2. The van der Waals surface area contributed by atoms with Crippen LogP contribution in [0.15, 0.2) is 43.0 Å². The third-order valence-electron chi connectivity index (χ3n) is 6.56. The number of aliphatic hydroxyl groups is 1. The van der Waals surface area contributed by atoms with Gasteiger partial charge in [0.15, 0.2) is 29.3 Å². The van der Waals surface area contributed by atoms with E-state index in [4.69, 9.17) is 17.8 Å². The van der Waals surface area contributed by atoms with Gasteiger partial charge < -0.3 is 19.9 Å². The summed E-state index contributed by atoms with van der Waals surface area (Å²) in [6.45, 7) is 0.285. The van der Waals surface area contributed by atoms with E-state index in [9.17, 15) is 9.32 Å². The van der Waals surface area contributed by atoms with E-state index < -0.39 is 35.9 Å². The van der Waals surface area contributed by atoms with Crippen LogP contribution in [-0.2, 0) is 35.8 Å². The molecule has 2 unspecified atom stereocenters. The van der Waals surface area contributed by atoms with Crippen LogP contribution in [0.1, 0.15) is 31.1 Å². The molecule has 4 heterocycles. The van der Waals surface area contributed by atoms with E-state index >= 15 is 0 Å². The minimum Gasteiger partial charge on any atom is -0.394 e. The van der Waals surface area contributed by atoms with Gasteiger partial charge in [0.05, 0.1) is 31.7 Å². The first-order chi connectivity index (χ1) is 16.7. The molecule has 11 nitrogen and oxygen atoms in total. The van der Waals surface area contributed by atoms with Gasteiger partial charge >= 0.3 is 11.4 Å². The fourth-order valence-corrected chi connectivity index (χ4v) is 5.74. The number of ether oxygens (including phenoxy) is 2. The molecule has 7 atom stereocenters. The van der Waals surface area contributed by atoms with Gasteiger partial charge in [0.25, 0.3) is 0 Å². The van der Waals surface area contributed by atoms with Crippen LogP contribution in [0.3, 0.4) is 0 Å². The lowest BCUT2D eigenvalue weighted by Crippen LogP contribution is -2.31. The average molecular weight is 488 g/mol. The van der Waals surface area contributed by atoms with Crippen molar-refractivity contribution in [2.45, 2.75) is 62.6 Å². The first-order valence-corrected chi connectivity index (χ1v) is 12.3. The summed E-state index contributed by atoms with van der Waals surface area (Å²) in [5.41, 5.74) is 2.27. The molecule has 1 saturated carbocycles. The minimum absolute atomic E-state index is 0.0653. The number of aliphatic hydroxyl groups excluding tert-OH is 1. The number of hydrogen-bond donors (Lipinski definition) is 2. The zero-order valence-electron chi connectivity index (χ0n) is 18.2. The number of fused-ring (bicyclic) bond motifs is 2. The molecular formula is C22H25N5O6S. The summed E-state index contributed by atoms with van der Waals surface area (Å²) >= 11 is -1.88. The van der Waals surface area contributed by atoms with Gasteiger partial charge in [-0.25, -0.2) is 15.0 Å². The Hall–Kier alpha value is -2.48. The Morgan fingerprint density at radius 3 is 2.85 bits per heavy atom. The second-order valence-corrected chi connectivity index (χ2v) is 9.43. The van der Waals surface area contributed by atoms with E-state index in [2.05, 4.69) is 32.4 Å². The number of hydrogen-bond acceptors (Lipinski definition) is 10. The molecule has 0 amide bonds. The quantitative estimate of drug-likeness (QED) is 0.507. The lowest BCUT2D eigenvalue weighted by molar-refractivity contribution is -0.0525. The van der Waals surface area contributed by atoms with Gasteiger partial charge in [0, 0.05) is 0 Å². The van der Waals surface area contributed by atoms with Crippen LogP contribution in [0, 0.1) is 0 Å². The Labute approximate surface area is 198 Å². The van der Waals surface area contributed by atoms with E-state index in [1.54, 1.807) is 10.9 Å². The third kappa shape index (κ3) is 4.00. The molecule has 0 spiro atoms. The normalized spacial score (nSPS) is 32.9. The van der Waals surface area contributed by atoms with Gasteiger partial charge in [-0.05, 0) is 24.8 Å². The molecule has 12 heteroatoms. The van der Waals surface area contributed by atoms with Crippen LogP contribution in [0.4, 0.5) is 5.82 Å². The van der Waals surface area contributed by atoms with Crippen molar-refractivity contribution in [3.63, 3.8) is 0 Å². The smallest absolute Gasteiger partial charge is 0.305 e. The number of anilines is 1. The molecule has 2 N–H and O–H groups in total. The van der Waals surface area contributed by atoms with Crippen LogP contribution in [0.2, 0.25) is 0 Å². The van der Waals surface area contributed by atoms with Crippen molar-refractivity contribution in [1.82, 2.24) is 19.5 Å². The highest BCUT2D eigenvalue weighted by Crippen LogP contribution is 2.40. The van der Waals surface area contributed by atoms with Crippen molar-refractivity contribution in [2.24, 2.45) is 0 Å². The number of aromatic nitrogens is 4. The van der Waals surface area contributed by atoms with Crippen LogP contribution in [-0.4, -0.2) is 65.9 Å². The molecule has 2 aromatic heterocycles. The van der Waals surface area contributed by atoms with Crippen molar-refractivity contribution in [3.8, 4) is 0 Å². The molecule has 3 aromatic rings. The first-order valence-electron chi connectivity index (χ1n) is 11.3. The summed E-state index contributed by atoms with van der Waals surface area (Å²) < 4.78 is 36.3.